The summed E-state index contributed by atoms with van der Waals surface area (Å²) in [5.74, 6) is 2.93. The molecule has 0 saturated carbocycles. The van der Waals surface area contributed by atoms with Crippen molar-refractivity contribution in [2.45, 2.75) is 19.6 Å². The van der Waals surface area contributed by atoms with E-state index in [1.165, 1.54) is 0 Å². The third kappa shape index (κ3) is 3.52. The van der Waals surface area contributed by atoms with Crippen LogP contribution in [0.25, 0.3) is 0 Å². The number of pyridine rings is 1. The molecule has 1 heterocycles. The summed E-state index contributed by atoms with van der Waals surface area (Å²) < 4.78 is 0.682. The smallest absolute Gasteiger partial charge is 0.264 e. The van der Waals surface area contributed by atoms with Gasteiger partial charge in [0, 0.05) is 0 Å². The number of halogens is 1. The number of aromatic amines is 1. The van der Waals surface area contributed by atoms with Gasteiger partial charge in [-0.2, -0.15) is 0 Å². The van der Waals surface area contributed by atoms with Crippen molar-refractivity contribution in [1.82, 2.24) is 4.98 Å². The Morgan fingerprint density at radius 3 is 2.50 bits per heavy atom. The summed E-state index contributed by atoms with van der Waals surface area (Å²) >= 11 is 3.19. The van der Waals surface area contributed by atoms with E-state index in [-0.39, 0.29) is 5.56 Å². The zero-order valence-corrected chi connectivity index (χ0v) is 11.0. The van der Waals surface area contributed by atoms with Crippen molar-refractivity contribution in [1.29, 1.82) is 0 Å². The van der Waals surface area contributed by atoms with Crippen LogP contribution in [0.15, 0.2) is 21.5 Å². The van der Waals surface area contributed by atoms with Crippen molar-refractivity contribution in [3.8, 4) is 11.5 Å². The van der Waals surface area contributed by atoms with Crippen LogP contribution < -0.4 is 5.56 Å². The highest BCUT2D eigenvalue weighted by molar-refractivity contribution is 9.10. The normalized spacial score (nSPS) is 10.6. The van der Waals surface area contributed by atoms with Gasteiger partial charge in [0.15, 0.2) is 0 Å². The minimum absolute atomic E-state index is 0.134. The van der Waals surface area contributed by atoms with Crippen LogP contribution in [0.2, 0.25) is 19.6 Å². The average molecular weight is 270 g/mol. The summed E-state index contributed by atoms with van der Waals surface area (Å²) in [5.41, 5.74) is 3.56. The molecule has 14 heavy (non-hydrogen) atoms. The van der Waals surface area contributed by atoms with E-state index >= 15 is 0 Å². The van der Waals surface area contributed by atoms with Crippen molar-refractivity contribution in [3.63, 3.8) is 0 Å². The number of rotatable bonds is 0. The molecule has 0 radical (unpaired) electrons. The Hall–Kier alpha value is -0.793. The Morgan fingerprint density at radius 1 is 1.36 bits per heavy atom. The molecule has 0 amide bonds. The van der Waals surface area contributed by atoms with Crippen LogP contribution in [0, 0.1) is 11.5 Å². The van der Waals surface area contributed by atoms with Crippen molar-refractivity contribution in [2.75, 3.05) is 0 Å². The minimum atomic E-state index is -1.40. The Morgan fingerprint density at radius 2 is 2.00 bits per heavy atom. The molecule has 2 nitrogen and oxygen atoms in total. The number of hydrogen-bond donors (Lipinski definition) is 1. The maximum Gasteiger partial charge on any atom is 0.264 e. The number of hydrogen-bond acceptors (Lipinski definition) is 1. The quantitative estimate of drug-likeness (QED) is 0.438. The molecular weight excluding hydrogens is 258 g/mol. The third-order valence-corrected chi connectivity index (χ3v) is 2.78. The molecule has 0 saturated heterocycles. The summed E-state index contributed by atoms with van der Waals surface area (Å²) in [6, 6.07) is 3.52. The van der Waals surface area contributed by atoms with Gasteiger partial charge in [-0.15, -0.1) is 5.54 Å². The highest BCUT2D eigenvalue weighted by Crippen LogP contribution is 2.02. The molecular formula is C10H12BrNOSi. The second kappa shape index (κ2) is 4.16. The van der Waals surface area contributed by atoms with Gasteiger partial charge < -0.3 is 4.98 Å². The molecule has 0 atom stereocenters. The fourth-order valence-corrected chi connectivity index (χ4v) is 1.62. The van der Waals surface area contributed by atoms with Crippen LogP contribution in [-0.2, 0) is 0 Å². The van der Waals surface area contributed by atoms with Gasteiger partial charge in [0.05, 0.1) is 10.2 Å². The van der Waals surface area contributed by atoms with Gasteiger partial charge in [-0.1, -0.05) is 25.6 Å². The monoisotopic (exact) mass is 269 g/mol. The van der Waals surface area contributed by atoms with Gasteiger partial charge in [0.2, 0.25) is 0 Å². The van der Waals surface area contributed by atoms with E-state index < -0.39 is 8.07 Å². The molecule has 1 aromatic rings. The molecule has 1 rings (SSSR count). The molecule has 0 fully saturated rings. The Bertz CT molecular complexity index is 448. The van der Waals surface area contributed by atoms with Crippen molar-refractivity contribution in [2.24, 2.45) is 0 Å². The number of nitrogens with one attached hydrogen (secondary N) is 1. The predicted octanol–water partition coefficient (Wildman–Crippen LogP) is 2.37. The first-order valence-electron chi connectivity index (χ1n) is 4.30. The van der Waals surface area contributed by atoms with E-state index in [1.54, 1.807) is 12.1 Å². The van der Waals surface area contributed by atoms with Gasteiger partial charge in [0.1, 0.15) is 8.07 Å². The first-order chi connectivity index (χ1) is 6.38. The molecule has 1 N–H and O–H groups in total. The third-order valence-electron chi connectivity index (χ3n) is 1.45. The Balaban J connectivity index is 3.09. The van der Waals surface area contributed by atoms with E-state index in [4.69, 9.17) is 0 Å². The molecule has 0 aromatic carbocycles. The van der Waals surface area contributed by atoms with Gasteiger partial charge >= 0.3 is 0 Å². The van der Waals surface area contributed by atoms with Gasteiger partial charge in [-0.3, -0.25) is 4.79 Å². The zero-order chi connectivity index (χ0) is 10.8. The Labute approximate surface area is 92.9 Å². The van der Waals surface area contributed by atoms with Crippen molar-refractivity contribution < 1.29 is 0 Å². The summed E-state index contributed by atoms with van der Waals surface area (Å²) in [6.45, 7) is 6.44. The van der Waals surface area contributed by atoms with Crippen LogP contribution in [-0.4, -0.2) is 13.1 Å². The molecule has 1 aromatic heterocycles. The maximum atomic E-state index is 11.4. The molecule has 0 aliphatic carbocycles. The van der Waals surface area contributed by atoms with E-state index in [9.17, 15) is 4.79 Å². The largest absolute Gasteiger partial charge is 0.316 e. The summed E-state index contributed by atoms with van der Waals surface area (Å²) in [5, 5.41) is 0. The second-order valence-electron chi connectivity index (χ2n) is 4.05. The molecule has 4 heteroatoms. The van der Waals surface area contributed by atoms with Gasteiger partial charge in [-0.05, 0) is 28.1 Å². The van der Waals surface area contributed by atoms with Crippen molar-refractivity contribution in [3.05, 3.63) is 32.7 Å². The first-order valence-corrected chi connectivity index (χ1v) is 8.60. The summed E-state index contributed by atoms with van der Waals surface area (Å²) in [7, 11) is -1.40. The fourth-order valence-electron chi connectivity index (χ4n) is 0.803. The summed E-state index contributed by atoms with van der Waals surface area (Å²) in [4.78, 5) is 14.0. The zero-order valence-electron chi connectivity index (χ0n) is 8.44. The second-order valence-corrected chi connectivity index (χ2v) is 9.65. The maximum absolute atomic E-state index is 11.4. The van der Waals surface area contributed by atoms with Gasteiger partial charge in [-0.25, -0.2) is 0 Å². The molecule has 74 valence electrons. The number of aromatic nitrogens is 1. The lowest BCUT2D eigenvalue weighted by Crippen LogP contribution is -2.17. The lowest BCUT2D eigenvalue weighted by molar-refractivity contribution is 1.18. The van der Waals surface area contributed by atoms with Crippen LogP contribution in [0.3, 0.4) is 0 Å². The van der Waals surface area contributed by atoms with E-state index in [2.05, 4.69) is 52.0 Å². The lowest BCUT2D eigenvalue weighted by atomic mass is 10.3. The highest BCUT2D eigenvalue weighted by atomic mass is 79.9. The lowest BCUT2D eigenvalue weighted by Gasteiger charge is -2.02. The molecule has 0 bridgehead atoms. The van der Waals surface area contributed by atoms with E-state index in [1.807, 2.05) is 0 Å². The molecule has 0 aliphatic rings. The molecule has 0 aliphatic heterocycles. The minimum Gasteiger partial charge on any atom is -0.316 e. The Kier molecular flexibility index (Phi) is 3.35. The van der Waals surface area contributed by atoms with E-state index in [0.29, 0.717) is 10.2 Å². The van der Waals surface area contributed by atoms with Gasteiger partial charge in [0.25, 0.3) is 5.56 Å². The summed E-state index contributed by atoms with van der Waals surface area (Å²) in [6.07, 6.45) is 0. The van der Waals surface area contributed by atoms with Crippen molar-refractivity contribution >= 4 is 24.0 Å². The van der Waals surface area contributed by atoms with Crippen LogP contribution in [0.1, 0.15) is 5.56 Å². The number of H-pyrrole nitrogens is 1. The standard InChI is InChI=1S/C10H12BrNOSi/c1-14(2,3)7-6-8-4-5-9(11)12-10(8)13/h4-5H,1-3H3,(H,12,13). The van der Waals surface area contributed by atoms with Crippen LogP contribution in [0.5, 0.6) is 0 Å². The van der Waals surface area contributed by atoms with E-state index in [0.717, 1.165) is 0 Å². The average Bonchev–Trinajstić information content (AvgIpc) is 2.00. The predicted molar refractivity (Wildman–Crippen MR) is 65.0 cm³/mol. The molecule has 0 unspecified atom stereocenters. The topological polar surface area (TPSA) is 32.9 Å². The first kappa shape index (κ1) is 11.3. The molecule has 0 spiro atoms. The SMILES string of the molecule is C[Si](C)(C)C#Cc1ccc(Br)[nH]c1=O. The highest BCUT2D eigenvalue weighted by Gasteiger charge is 2.07. The van der Waals surface area contributed by atoms with Crippen LogP contribution >= 0.6 is 15.9 Å². The van der Waals surface area contributed by atoms with Crippen LogP contribution in [0.4, 0.5) is 0 Å². The fraction of sp³-hybridized carbons (Fsp3) is 0.300.